The number of Topliss-reactive ketones (excluding diaryl/α,β-unsaturated/α-hetero) is 1. The summed E-state index contributed by atoms with van der Waals surface area (Å²) in [6.45, 7) is 5.26. The van der Waals surface area contributed by atoms with Crippen LogP contribution in [-0.4, -0.2) is 19.4 Å². The Morgan fingerprint density at radius 2 is 2.09 bits per heavy atom. The molecule has 1 aromatic carbocycles. The van der Waals surface area contributed by atoms with Crippen LogP contribution in [0.5, 0.6) is 0 Å². The number of nitriles is 1. The molecule has 0 spiro atoms. The fourth-order valence-corrected chi connectivity index (χ4v) is 3.71. The average Bonchev–Trinajstić information content (AvgIpc) is 2.52. The minimum absolute atomic E-state index is 0.0178. The molecule has 0 bridgehead atoms. The first-order valence-corrected chi connectivity index (χ1v) is 8.20. The van der Waals surface area contributed by atoms with Gasteiger partial charge in [-0.05, 0) is 42.9 Å². The van der Waals surface area contributed by atoms with Gasteiger partial charge in [-0.2, -0.15) is 5.26 Å². The standard InChI is InChI=1S/C19H23N3O/c1-19(2)10-17-15(18(23)11-19)5-4-8-22(17)14-7-6-13(12-20)16(9-14)21-3/h6-7,9,21H,4-5,8,10-11H2,1-3H3. The quantitative estimate of drug-likeness (QED) is 0.901. The molecule has 0 amide bonds. The van der Waals surface area contributed by atoms with E-state index in [1.807, 2.05) is 25.2 Å². The van der Waals surface area contributed by atoms with Gasteiger partial charge in [0.2, 0.25) is 0 Å². The number of hydrogen-bond acceptors (Lipinski definition) is 4. The number of allylic oxidation sites excluding steroid dienone is 2. The molecule has 0 aromatic heterocycles. The molecule has 1 aliphatic heterocycles. The summed E-state index contributed by atoms with van der Waals surface area (Å²) in [5.41, 5.74) is 4.76. The van der Waals surface area contributed by atoms with E-state index in [-0.39, 0.29) is 5.41 Å². The van der Waals surface area contributed by atoms with E-state index in [1.54, 1.807) is 0 Å². The number of hydrogen-bond donors (Lipinski definition) is 1. The molecule has 0 fully saturated rings. The Balaban J connectivity index is 2.04. The molecule has 3 rings (SSSR count). The molecule has 4 heteroatoms. The molecule has 120 valence electrons. The maximum Gasteiger partial charge on any atom is 0.161 e. The van der Waals surface area contributed by atoms with Crippen LogP contribution in [0.4, 0.5) is 11.4 Å². The van der Waals surface area contributed by atoms with Crippen molar-refractivity contribution in [1.29, 1.82) is 5.26 Å². The highest BCUT2D eigenvalue weighted by molar-refractivity contribution is 5.98. The number of carbonyl (C=O) groups excluding carboxylic acids is 1. The van der Waals surface area contributed by atoms with E-state index in [0.29, 0.717) is 17.8 Å². The van der Waals surface area contributed by atoms with Crippen molar-refractivity contribution in [2.75, 3.05) is 23.8 Å². The van der Waals surface area contributed by atoms with Crippen molar-refractivity contribution < 1.29 is 4.79 Å². The molecule has 0 saturated heterocycles. The summed E-state index contributed by atoms with van der Waals surface area (Å²) in [7, 11) is 1.83. The molecule has 1 aromatic rings. The molecule has 0 unspecified atom stereocenters. The molecule has 0 radical (unpaired) electrons. The first kappa shape index (κ1) is 15.6. The van der Waals surface area contributed by atoms with Crippen LogP contribution in [-0.2, 0) is 4.79 Å². The van der Waals surface area contributed by atoms with Crippen LogP contribution in [0.15, 0.2) is 29.5 Å². The van der Waals surface area contributed by atoms with E-state index in [9.17, 15) is 10.1 Å². The predicted octanol–water partition coefficient (Wildman–Crippen LogP) is 3.84. The number of benzene rings is 1. The van der Waals surface area contributed by atoms with Gasteiger partial charge in [0.15, 0.2) is 5.78 Å². The second-order valence-electron chi connectivity index (χ2n) is 7.21. The Kier molecular flexibility index (Phi) is 3.89. The van der Waals surface area contributed by atoms with Crippen molar-refractivity contribution >= 4 is 17.2 Å². The Morgan fingerprint density at radius 1 is 1.30 bits per heavy atom. The van der Waals surface area contributed by atoms with E-state index in [4.69, 9.17) is 0 Å². The third-order valence-corrected chi connectivity index (χ3v) is 4.81. The lowest BCUT2D eigenvalue weighted by Crippen LogP contribution is -2.37. The van der Waals surface area contributed by atoms with Gasteiger partial charge in [-0.25, -0.2) is 0 Å². The normalized spacial score (nSPS) is 20.1. The van der Waals surface area contributed by atoms with Crippen molar-refractivity contribution in [2.24, 2.45) is 5.41 Å². The molecule has 2 aliphatic rings. The highest BCUT2D eigenvalue weighted by atomic mass is 16.1. The summed E-state index contributed by atoms with van der Waals surface area (Å²) >= 11 is 0. The van der Waals surface area contributed by atoms with Crippen LogP contribution in [0.3, 0.4) is 0 Å². The SMILES string of the molecule is CNc1cc(N2CCCC3=C2CC(C)(C)CC3=O)ccc1C#N. The van der Waals surface area contributed by atoms with Crippen LogP contribution in [0.25, 0.3) is 0 Å². The molecule has 23 heavy (non-hydrogen) atoms. The van der Waals surface area contributed by atoms with E-state index < -0.39 is 0 Å². The maximum atomic E-state index is 12.5. The topological polar surface area (TPSA) is 56.1 Å². The summed E-state index contributed by atoms with van der Waals surface area (Å²) in [6, 6.07) is 8.06. The van der Waals surface area contributed by atoms with E-state index in [1.165, 1.54) is 5.70 Å². The van der Waals surface area contributed by atoms with E-state index in [2.05, 4.69) is 30.1 Å². The van der Waals surface area contributed by atoms with E-state index >= 15 is 0 Å². The summed E-state index contributed by atoms with van der Waals surface area (Å²) in [5, 5.41) is 12.3. The summed E-state index contributed by atoms with van der Waals surface area (Å²) in [5.74, 6) is 0.309. The largest absolute Gasteiger partial charge is 0.387 e. The fourth-order valence-electron chi connectivity index (χ4n) is 3.71. The van der Waals surface area contributed by atoms with Crippen LogP contribution >= 0.6 is 0 Å². The Hall–Kier alpha value is -2.28. The second kappa shape index (κ2) is 5.73. The zero-order chi connectivity index (χ0) is 16.6. The zero-order valence-corrected chi connectivity index (χ0v) is 14.1. The predicted molar refractivity (Wildman–Crippen MR) is 92.3 cm³/mol. The van der Waals surface area contributed by atoms with Crippen molar-refractivity contribution in [1.82, 2.24) is 0 Å². The molecular formula is C19H23N3O. The van der Waals surface area contributed by atoms with Crippen LogP contribution in [0, 0.1) is 16.7 Å². The smallest absolute Gasteiger partial charge is 0.161 e. The van der Waals surface area contributed by atoms with Crippen LogP contribution in [0.1, 0.15) is 45.1 Å². The number of nitrogens with one attached hydrogen (secondary N) is 1. The lowest BCUT2D eigenvalue weighted by Gasteiger charge is -2.41. The Morgan fingerprint density at radius 3 is 2.78 bits per heavy atom. The molecule has 4 nitrogen and oxygen atoms in total. The summed E-state index contributed by atoms with van der Waals surface area (Å²) in [6.07, 6.45) is 3.48. The molecule has 0 atom stereocenters. The first-order chi connectivity index (χ1) is 10.9. The van der Waals surface area contributed by atoms with Gasteiger partial charge in [0.25, 0.3) is 0 Å². The third kappa shape index (κ3) is 2.84. The Labute approximate surface area is 137 Å². The zero-order valence-electron chi connectivity index (χ0n) is 14.1. The monoisotopic (exact) mass is 309 g/mol. The number of ketones is 1. The highest BCUT2D eigenvalue weighted by Crippen LogP contribution is 2.43. The summed E-state index contributed by atoms with van der Waals surface area (Å²) < 4.78 is 0. The van der Waals surface area contributed by atoms with Gasteiger partial charge in [0, 0.05) is 37.0 Å². The average molecular weight is 309 g/mol. The van der Waals surface area contributed by atoms with Gasteiger partial charge in [0.05, 0.1) is 11.3 Å². The minimum Gasteiger partial charge on any atom is -0.387 e. The second-order valence-corrected chi connectivity index (χ2v) is 7.21. The van der Waals surface area contributed by atoms with Gasteiger partial charge in [-0.3, -0.25) is 4.79 Å². The molecule has 1 N–H and O–H groups in total. The van der Waals surface area contributed by atoms with Gasteiger partial charge in [0.1, 0.15) is 6.07 Å². The minimum atomic E-state index is 0.0178. The third-order valence-electron chi connectivity index (χ3n) is 4.81. The number of carbonyl (C=O) groups is 1. The summed E-state index contributed by atoms with van der Waals surface area (Å²) in [4.78, 5) is 14.8. The van der Waals surface area contributed by atoms with Crippen LogP contribution in [0.2, 0.25) is 0 Å². The van der Waals surface area contributed by atoms with Gasteiger partial charge < -0.3 is 10.2 Å². The molecule has 1 aliphatic carbocycles. The number of nitrogens with zero attached hydrogens (tertiary/aromatic N) is 2. The van der Waals surface area contributed by atoms with Gasteiger partial charge >= 0.3 is 0 Å². The lowest BCUT2D eigenvalue weighted by atomic mass is 9.73. The number of anilines is 2. The van der Waals surface area contributed by atoms with Crippen molar-refractivity contribution in [3.63, 3.8) is 0 Å². The molecule has 1 heterocycles. The fraction of sp³-hybridized carbons (Fsp3) is 0.474. The molecule has 0 saturated carbocycles. The Bertz CT molecular complexity index is 725. The number of rotatable bonds is 2. The lowest BCUT2D eigenvalue weighted by molar-refractivity contribution is -0.118. The van der Waals surface area contributed by atoms with Gasteiger partial charge in [-0.15, -0.1) is 0 Å². The van der Waals surface area contributed by atoms with Crippen molar-refractivity contribution in [3.05, 3.63) is 35.0 Å². The molecular weight excluding hydrogens is 286 g/mol. The first-order valence-electron chi connectivity index (χ1n) is 8.20. The highest BCUT2D eigenvalue weighted by Gasteiger charge is 2.36. The van der Waals surface area contributed by atoms with E-state index in [0.717, 1.165) is 42.8 Å². The van der Waals surface area contributed by atoms with Crippen LogP contribution < -0.4 is 10.2 Å². The van der Waals surface area contributed by atoms with Crippen molar-refractivity contribution in [3.8, 4) is 6.07 Å². The van der Waals surface area contributed by atoms with Crippen molar-refractivity contribution in [2.45, 2.75) is 39.5 Å². The maximum absolute atomic E-state index is 12.5. The van der Waals surface area contributed by atoms with Gasteiger partial charge in [-0.1, -0.05) is 13.8 Å².